The number of imidazole rings is 1. The fourth-order valence-corrected chi connectivity index (χ4v) is 3.36. The smallest absolute Gasteiger partial charge is 0.146 e. The van der Waals surface area contributed by atoms with Crippen LogP contribution in [0.25, 0.3) is 27.8 Å². The van der Waals surface area contributed by atoms with Crippen molar-refractivity contribution in [2.75, 3.05) is 0 Å². The molecule has 2 heterocycles. The van der Waals surface area contributed by atoms with Gasteiger partial charge in [-0.2, -0.15) is 0 Å². The van der Waals surface area contributed by atoms with Gasteiger partial charge in [0.2, 0.25) is 0 Å². The van der Waals surface area contributed by atoms with Crippen LogP contribution in [-0.2, 0) is 0 Å². The normalized spacial score (nSPS) is 10.7. The van der Waals surface area contributed by atoms with Gasteiger partial charge in [0.15, 0.2) is 0 Å². The molecule has 0 saturated carbocycles. The Balaban J connectivity index is 1.81. The van der Waals surface area contributed by atoms with E-state index in [2.05, 4.69) is 64.8 Å². The molecule has 5 aromatic rings. The van der Waals surface area contributed by atoms with E-state index in [0.29, 0.717) is 0 Å². The van der Waals surface area contributed by atoms with Crippen molar-refractivity contribution in [3.05, 3.63) is 108 Å². The summed E-state index contributed by atoms with van der Waals surface area (Å²) in [5.74, 6) is 7.43. The molecule has 0 N–H and O–H groups in total. The maximum Gasteiger partial charge on any atom is 0.146 e. The zero-order valence-electron chi connectivity index (χ0n) is 14.6. The van der Waals surface area contributed by atoms with Crippen molar-refractivity contribution in [1.29, 1.82) is 0 Å². The van der Waals surface area contributed by atoms with E-state index in [1.54, 1.807) is 0 Å². The van der Waals surface area contributed by atoms with Crippen molar-refractivity contribution in [2.24, 2.45) is 0 Å². The van der Waals surface area contributed by atoms with Crippen LogP contribution in [-0.4, -0.2) is 9.38 Å². The van der Waals surface area contributed by atoms with Gasteiger partial charge in [-0.25, -0.2) is 4.98 Å². The molecule has 0 unspecified atom stereocenters. The number of para-hydroxylation sites is 1. The Kier molecular flexibility index (Phi) is 3.70. The zero-order chi connectivity index (χ0) is 18.1. The van der Waals surface area contributed by atoms with Crippen molar-refractivity contribution >= 4 is 16.4 Å². The fourth-order valence-electron chi connectivity index (χ4n) is 3.36. The van der Waals surface area contributed by atoms with E-state index in [1.807, 2.05) is 48.5 Å². The van der Waals surface area contributed by atoms with Crippen LogP contribution < -0.4 is 0 Å². The van der Waals surface area contributed by atoms with Crippen LogP contribution in [0, 0.1) is 11.8 Å². The highest BCUT2D eigenvalue weighted by molar-refractivity contribution is 5.86. The molecule has 126 valence electrons. The van der Waals surface area contributed by atoms with Gasteiger partial charge in [-0.1, -0.05) is 78.7 Å². The Labute approximate surface area is 157 Å². The molecule has 2 aromatic heterocycles. The molecule has 0 fully saturated rings. The van der Waals surface area contributed by atoms with Crippen LogP contribution in [0.1, 0.15) is 11.3 Å². The first-order valence-electron chi connectivity index (χ1n) is 8.93. The SMILES string of the molecule is C(#Cc1nc(-c2ccccc2)n2c1ccc1ccccc12)c1ccccc1. The third-order valence-corrected chi connectivity index (χ3v) is 4.64. The van der Waals surface area contributed by atoms with Crippen LogP contribution >= 0.6 is 0 Å². The van der Waals surface area contributed by atoms with Crippen molar-refractivity contribution in [1.82, 2.24) is 9.38 Å². The number of aromatic nitrogens is 2. The lowest BCUT2D eigenvalue weighted by Gasteiger charge is -2.06. The number of hydrogen-bond acceptors (Lipinski definition) is 1. The van der Waals surface area contributed by atoms with E-state index >= 15 is 0 Å². The second kappa shape index (κ2) is 6.48. The number of fused-ring (bicyclic) bond motifs is 3. The molecule has 0 atom stereocenters. The van der Waals surface area contributed by atoms with Gasteiger partial charge in [-0.15, -0.1) is 0 Å². The Morgan fingerprint density at radius 1 is 0.593 bits per heavy atom. The molecule has 0 aliphatic rings. The quantitative estimate of drug-likeness (QED) is 0.364. The highest BCUT2D eigenvalue weighted by atomic mass is 15.0. The molecule has 2 heteroatoms. The third kappa shape index (κ3) is 2.76. The number of pyridine rings is 1. The van der Waals surface area contributed by atoms with Crippen LogP contribution in [0.15, 0.2) is 97.1 Å². The molecular weight excluding hydrogens is 328 g/mol. The molecule has 2 nitrogen and oxygen atoms in total. The topological polar surface area (TPSA) is 17.3 Å². The van der Waals surface area contributed by atoms with E-state index in [9.17, 15) is 0 Å². The standard InChI is InChI=1S/C25H16N2/c1-3-9-19(10-4-1)15-17-22-24-18-16-20-11-7-8-14-23(20)27(24)25(26-22)21-12-5-2-6-13-21/h1-14,16,18H. The van der Waals surface area contributed by atoms with Gasteiger partial charge in [-0.3, -0.25) is 4.40 Å². The summed E-state index contributed by atoms with van der Waals surface area (Å²) in [5, 5.41) is 1.18. The summed E-state index contributed by atoms with van der Waals surface area (Å²) in [6, 6.07) is 32.9. The number of rotatable bonds is 1. The highest BCUT2D eigenvalue weighted by Gasteiger charge is 2.13. The van der Waals surface area contributed by atoms with Crippen molar-refractivity contribution in [3.8, 4) is 23.2 Å². The van der Waals surface area contributed by atoms with Gasteiger partial charge in [-0.05, 0) is 35.6 Å². The molecule has 0 spiro atoms. The number of nitrogens with zero attached hydrogens (tertiary/aromatic N) is 2. The first-order chi connectivity index (χ1) is 13.4. The summed E-state index contributed by atoms with van der Waals surface area (Å²) in [6.45, 7) is 0. The molecule has 0 amide bonds. The summed E-state index contributed by atoms with van der Waals surface area (Å²) >= 11 is 0. The van der Waals surface area contributed by atoms with E-state index < -0.39 is 0 Å². The maximum absolute atomic E-state index is 4.91. The molecule has 0 saturated heterocycles. The Morgan fingerprint density at radius 2 is 1.30 bits per heavy atom. The van der Waals surface area contributed by atoms with E-state index in [0.717, 1.165) is 33.7 Å². The maximum atomic E-state index is 4.91. The van der Waals surface area contributed by atoms with Gasteiger partial charge in [0, 0.05) is 11.1 Å². The third-order valence-electron chi connectivity index (χ3n) is 4.64. The molecule has 0 bridgehead atoms. The van der Waals surface area contributed by atoms with E-state index in [1.165, 1.54) is 5.39 Å². The van der Waals surface area contributed by atoms with Gasteiger partial charge in [0.25, 0.3) is 0 Å². The molecule has 0 radical (unpaired) electrons. The Bertz CT molecular complexity index is 1300. The first kappa shape index (κ1) is 15.4. The second-order valence-corrected chi connectivity index (χ2v) is 6.38. The van der Waals surface area contributed by atoms with Crippen LogP contribution in [0.4, 0.5) is 0 Å². The van der Waals surface area contributed by atoms with Crippen LogP contribution in [0.3, 0.4) is 0 Å². The first-order valence-corrected chi connectivity index (χ1v) is 8.93. The monoisotopic (exact) mass is 344 g/mol. The van der Waals surface area contributed by atoms with Crippen molar-refractivity contribution < 1.29 is 0 Å². The van der Waals surface area contributed by atoms with Gasteiger partial charge in [0.1, 0.15) is 11.5 Å². The van der Waals surface area contributed by atoms with E-state index in [-0.39, 0.29) is 0 Å². The molecule has 27 heavy (non-hydrogen) atoms. The molecule has 0 aliphatic carbocycles. The van der Waals surface area contributed by atoms with E-state index in [4.69, 9.17) is 4.98 Å². The van der Waals surface area contributed by atoms with Gasteiger partial charge < -0.3 is 0 Å². The molecule has 0 aliphatic heterocycles. The van der Waals surface area contributed by atoms with Crippen LogP contribution in [0.2, 0.25) is 0 Å². The minimum absolute atomic E-state index is 0.795. The average Bonchev–Trinajstić information content (AvgIpc) is 3.13. The second-order valence-electron chi connectivity index (χ2n) is 6.38. The van der Waals surface area contributed by atoms with Crippen LogP contribution in [0.5, 0.6) is 0 Å². The van der Waals surface area contributed by atoms with Gasteiger partial charge in [0.05, 0.1) is 11.0 Å². The highest BCUT2D eigenvalue weighted by Crippen LogP contribution is 2.27. The lowest BCUT2D eigenvalue weighted by atomic mass is 10.1. The van der Waals surface area contributed by atoms with Crippen molar-refractivity contribution in [3.63, 3.8) is 0 Å². The summed E-state index contributed by atoms with van der Waals surface area (Å²) in [4.78, 5) is 4.91. The fraction of sp³-hybridized carbons (Fsp3) is 0. The minimum atomic E-state index is 0.795. The number of hydrogen-bond donors (Lipinski definition) is 0. The lowest BCUT2D eigenvalue weighted by Crippen LogP contribution is -1.91. The average molecular weight is 344 g/mol. The summed E-state index contributed by atoms with van der Waals surface area (Å²) in [7, 11) is 0. The summed E-state index contributed by atoms with van der Waals surface area (Å²) < 4.78 is 2.21. The number of benzene rings is 3. The van der Waals surface area contributed by atoms with Crippen molar-refractivity contribution in [2.45, 2.75) is 0 Å². The zero-order valence-corrected chi connectivity index (χ0v) is 14.6. The predicted molar refractivity (Wildman–Crippen MR) is 111 cm³/mol. The summed E-state index contributed by atoms with van der Waals surface area (Å²) in [5.41, 5.74) is 5.02. The molecule has 5 rings (SSSR count). The predicted octanol–water partition coefficient (Wildman–Crippen LogP) is 5.55. The van der Waals surface area contributed by atoms with Gasteiger partial charge >= 0.3 is 0 Å². The Morgan fingerprint density at radius 3 is 2.11 bits per heavy atom. The largest absolute Gasteiger partial charge is 0.291 e. The molecule has 3 aromatic carbocycles. The minimum Gasteiger partial charge on any atom is -0.291 e. The molecular formula is C25H16N2. The lowest BCUT2D eigenvalue weighted by molar-refractivity contribution is 1.21. The summed E-state index contributed by atoms with van der Waals surface area (Å²) in [6.07, 6.45) is 0. The Hall–Kier alpha value is -3.83.